The second-order valence-electron chi connectivity index (χ2n) is 13.7. The fourth-order valence-electron chi connectivity index (χ4n) is 6.75. The van der Waals surface area contributed by atoms with Crippen LogP contribution in [0.2, 0.25) is 0 Å². The summed E-state index contributed by atoms with van der Waals surface area (Å²) in [6.45, 7) is 4.06. The molecule has 1 unspecified atom stereocenters. The second kappa shape index (κ2) is 18.3. The Bertz CT molecular complexity index is 1660. The van der Waals surface area contributed by atoms with Crippen LogP contribution >= 0.6 is 0 Å². The SMILES string of the molecule is CC(C)C[C@H]1ON(C(=O)OCCc2ccccc2)C2CN([C@@H](Cc3ccccc3)C(=O)NCCCc3ccccc3)C(=O)[C@H](CCC(N)=O)N2C1=O. The number of nitrogens with two attached hydrogens (primary N) is 1. The van der Waals surface area contributed by atoms with Crippen LogP contribution in [0, 0.1) is 5.92 Å². The predicted octanol–water partition coefficient (Wildman–Crippen LogP) is 4.02. The van der Waals surface area contributed by atoms with Gasteiger partial charge in [0.1, 0.15) is 12.1 Å². The van der Waals surface area contributed by atoms with Gasteiger partial charge in [-0.15, -0.1) is 0 Å². The summed E-state index contributed by atoms with van der Waals surface area (Å²) in [6, 6.07) is 26.7. The molecule has 2 aliphatic rings. The van der Waals surface area contributed by atoms with Crippen LogP contribution < -0.4 is 11.1 Å². The molecule has 3 aromatic rings. The molecular formula is C40H49N5O7. The van der Waals surface area contributed by atoms with Gasteiger partial charge in [-0.1, -0.05) is 105 Å². The first-order valence-electron chi connectivity index (χ1n) is 18.1. The number of fused-ring (bicyclic) bond motifs is 1. The summed E-state index contributed by atoms with van der Waals surface area (Å²) in [5.41, 5.74) is 8.49. The first-order valence-corrected chi connectivity index (χ1v) is 18.1. The number of primary amides is 1. The molecule has 4 atom stereocenters. The molecule has 2 aliphatic heterocycles. The first kappa shape index (κ1) is 38.0. The number of amides is 5. The van der Waals surface area contributed by atoms with E-state index in [1.54, 1.807) is 0 Å². The van der Waals surface area contributed by atoms with E-state index in [2.05, 4.69) is 5.32 Å². The Labute approximate surface area is 305 Å². The lowest BCUT2D eigenvalue weighted by molar-refractivity contribution is -0.269. The minimum atomic E-state index is -1.18. The Hall–Kier alpha value is -5.23. The van der Waals surface area contributed by atoms with Gasteiger partial charge >= 0.3 is 6.09 Å². The van der Waals surface area contributed by atoms with Crippen LogP contribution in [0.5, 0.6) is 0 Å². The summed E-state index contributed by atoms with van der Waals surface area (Å²) >= 11 is 0. The molecule has 0 saturated carbocycles. The van der Waals surface area contributed by atoms with Crippen molar-refractivity contribution in [2.24, 2.45) is 11.7 Å². The van der Waals surface area contributed by atoms with Crippen molar-refractivity contribution < 1.29 is 33.5 Å². The molecule has 0 radical (unpaired) electrons. The van der Waals surface area contributed by atoms with Crippen molar-refractivity contribution in [1.82, 2.24) is 20.2 Å². The quantitative estimate of drug-likeness (QED) is 0.213. The van der Waals surface area contributed by atoms with Crippen molar-refractivity contribution in [1.29, 1.82) is 0 Å². The number of rotatable bonds is 16. The van der Waals surface area contributed by atoms with E-state index < -0.39 is 48.2 Å². The number of hydrogen-bond acceptors (Lipinski definition) is 7. The molecular weight excluding hydrogens is 662 g/mol. The van der Waals surface area contributed by atoms with E-state index in [0.29, 0.717) is 19.4 Å². The minimum Gasteiger partial charge on any atom is -0.447 e. The highest BCUT2D eigenvalue weighted by atomic mass is 16.7. The summed E-state index contributed by atoms with van der Waals surface area (Å²) in [6.07, 6.45) is -0.932. The van der Waals surface area contributed by atoms with Crippen LogP contribution in [0.3, 0.4) is 0 Å². The molecule has 12 nitrogen and oxygen atoms in total. The standard InChI is InChI=1S/C40H49N5O7/c1-28(2)25-34-39(49)44-32(20-21-35(41)46)38(48)43(27-36(44)45(52-34)40(50)51-24-22-30-15-8-4-9-16-30)33(26-31-17-10-5-11-18-31)37(47)42-23-12-19-29-13-6-3-7-14-29/h3-11,13-18,28,32-34,36H,12,19-27H2,1-2H3,(H2,41,46)(H,42,47)/t32-,33-,34+,36?/m0/s1. The van der Waals surface area contributed by atoms with E-state index in [1.807, 2.05) is 105 Å². The summed E-state index contributed by atoms with van der Waals surface area (Å²) in [4.78, 5) is 77.5. The number of aryl methyl sites for hydroxylation is 1. The van der Waals surface area contributed by atoms with Gasteiger partial charge in [-0.3, -0.25) is 24.0 Å². The number of hydrogen-bond donors (Lipinski definition) is 2. The van der Waals surface area contributed by atoms with Crippen molar-refractivity contribution in [3.63, 3.8) is 0 Å². The highest BCUT2D eigenvalue weighted by molar-refractivity contribution is 5.95. The van der Waals surface area contributed by atoms with E-state index in [0.717, 1.165) is 28.2 Å². The van der Waals surface area contributed by atoms with Crippen molar-refractivity contribution in [2.45, 2.75) is 83.1 Å². The molecule has 0 aliphatic carbocycles. The smallest absolute Gasteiger partial charge is 0.436 e. The van der Waals surface area contributed by atoms with Gasteiger partial charge in [0.15, 0.2) is 12.3 Å². The average Bonchev–Trinajstić information content (AvgIpc) is 3.14. The van der Waals surface area contributed by atoms with Gasteiger partial charge in [0.2, 0.25) is 17.7 Å². The van der Waals surface area contributed by atoms with E-state index in [-0.39, 0.29) is 50.7 Å². The Kier molecular flexibility index (Phi) is 13.4. The molecule has 0 aromatic heterocycles. The number of benzene rings is 3. The topological polar surface area (TPSA) is 152 Å². The molecule has 3 N–H and O–H groups in total. The highest BCUT2D eigenvalue weighted by Crippen LogP contribution is 2.33. The summed E-state index contributed by atoms with van der Waals surface area (Å²) in [7, 11) is 0. The number of ether oxygens (including phenoxy) is 1. The zero-order valence-electron chi connectivity index (χ0n) is 29.9. The molecule has 52 heavy (non-hydrogen) atoms. The zero-order chi connectivity index (χ0) is 37.0. The molecule has 276 valence electrons. The van der Waals surface area contributed by atoms with Crippen molar-refractivity contribution in [3.8, 4) is 0 Å². The van der Waals surface area contributed by atoms with E-state index >= 15 is 0 Å². The molecule has 0 spiro atoms. The van der Waals surface area contributed by atoms with Gasteiger partial charge < -0.3 is 25.6 Å². The molecule has 2 saturated heterocycles. The lowest BCUT2D eigenvalue weighted by atomic mass is 9.95. The lowest BCUT2D eigenvalue weighted by Crippen LogP contribution is -2.75. The van der Waals surface area contributed by atoms with Gasteiger partial charge in [0, 0.05) is 25.8 Å². The van der Waals surface area contributed by atoms with Gasteiger partial charge in [0.25, 0.3) is 5.91 Å². The number of carbonyl (C=O) groups excluding carboxylic acids is 5. The maximum Gasteiger partial charge on any atom is 0.436 e. The van der Waals surface area contributed by atoms with E-state index in [9.17, 15) is 24.0 Å². The van der Waals surface area contributed by atoms with Crippen LogP contribution in [0.4, 0.5) is 4.79 Å². The van der Waals surface area contributed by atoms with Crippen LogP contribution in [0.1, 0.15) is 56.2 Å². The van der Waals surface area contributed by atoms with Gasteiger partial charge in [-0.25, -0.2) is 4.79 Å². The van der Waals surface area contributed by atoms with E-state index in [4.69, 9.17) is 15.3 Å². The normalized spacial score (nSPS) is 19.3. The monoisotopic (exact) mass is 711 g/mol. The molecule has 12 heteroatoms. The first-order chi connectivity index (χ1) is 25.1. The number of hydroxylamine groups is 2. The van der Waals surface area contributed by atoms with Crippen molar-refractivity contribution >= 4 is 29.7 Å². The predicted molar refractivity (Wildman–Crippen MR) is 194 cm³/mol. The largest absolute Gasteiger partial charge is 0.447 e. The average molecular weight is 712 g/mol. The van der Waals surface area contributed by atoms with Crippen LogP contribution in [0.15, 0.2) is 91.0 Å². The maximum absolute atomic E-state index is 14.5. The van der Waals surface area contributed by atoms with Gasteiger partial charge in [-0.05, 0) is 48.3 Å². The third-order valence-corrected chi connectivity index (χ3v) is 9.35. The fraction of sp³-hybridized carbons (Fsp3) is 0.425. The van der Waals surface area contributed by atoms with Gasteiger partial charge in [-0.2, -0.15) is 5.06 Å². The van der Waals surface area contributed by atoms with Crippen LogP contribution in [0.25, 0.3) is 0 Å². The van der Waals surface area contributed by atoms with Gasteiger partial charge in [0.05, 0.1) is 13.2 Å². The Morgan fingerprint density at radius 2 is 1.46 bits per heavy atom. The summed E-state index contributed by atoms with van der Waals surface area (Å²) < 4.78 is 5.69. The number of piperazine rings is 1. The third kappa shape index (κ3) is 9.97. The molecule has 3 aromatic carbocycles. The fourth-order valence-corrected chi connectivity index (χ4v) is 6.75. The lowest BCUT2D eigenvalue weighted by Gasteiger charge is -2.53. The molecule has 5 amide bonds. The Balaban J connectivity index is 1.44. The number of carbonyl (C=O) groups is 5. The molecule has 5 rings (SSSR count). The Morgan fingerprint density at radius 1 is 0.865 bits per heavy atom. The Morgan fingerprint density at radius 3 is 2.06 bits per heavy atom. The maximum atomic E-state index is 14.5. The van der Waals surface area contributed by atoms with Crippen LogP contribution in [-0.2, 0) is 48.0 Å². The number of nitrogens with one attached hydrogen (secondary N) is 1. The highest BCUT2D eigenvalue weighted by Gasteiger charge is 2.55. The molecule has 2 heterocycles. The number of nitrogens with zero attached hydrogens (tertiary/aromatic N) is 3. The van der Waals surface area contributed by atoms with Crippen molar-refractivity contribution in [3.05, 3.63) is 108 Å². The van der Waals surface area contributed by atoms with E-state index in [1.165, 1.54) is 9.80 Å². The van der Waals surface area contributed by atoms with Crippen LogP contribution in [-0.4, -0.2) is 88.6 Å². The second-order valence-corrected chi connectivity index (χ2v) is 13.7. The third-order valence-electron chi connectivity index (χ3n) is 9.35. The zero-order valence-corrected chi connectivity index (χ0v) is 29.9. The summed E-state index contributed by atoms with van der Waals surface area (Å²) in [5, 5.41) is 4.05. The molecule has 2 fully saturated rings. The molecule has 0 bridgehead atoms. The summed E-state index contributed by atoms with van der Waals surface area (Å²) in [5.74, 6) is -1.98. The van der Waals surface area contributed by atoms with Crippen molar-refractivity contribution in [2.75, 3.05) is 19.7 Å². The minimum absolute atomic E-state index is 0.0170.